The molecule has 2 aromatic rings. The molecule has 0 fully saturated rings. The van der Waals surface area contributed by atoms with Crippen molar-refractivity contribution in [1.29, 1.82) is 0 Å². The van der Waals surface area contributed by atoms with Crippen LogP contribution in [0.5, 0.6) is 0 Å². The summed E-state index contributed by atoms with van der Waals surface area (Å²) in [5.41, 5.74) is 6.28. The first-order valence-corrected chi connectivity index (χ1v) is 9.52. The summed E-state index contributed by atoms with van der Waals surface area (Å²) >= 11 is 5.77. The van der Waals surface area contributed by atoms with Crippen molar-refractivity contribution in [2.24, 2.45) is 5.41 Å². The zero-order chi connectivity index (χ0) is 18.7. The number of hydrogen-bond acceptors (Lipinski definition) is 4. The molecule has 6 nitrogen and oxygen atoms in total. The van der Waals surface area contributed by atoms with Gasteiger partial charge in [-0.2, -0.15) is 0 Å². The zero-order valence-corrected chi connectivity index (χ0v) is 15.5. The normalized spacial score (nSPS) is 11.8. The maximum absolute atomic E-state index is 12.3. The number of nitrogens with two attached hydrogens (primary N) is 1. The fourth-order valence-corrected chi connectivity index (χ4v) is 3.02. The predicted molar refractivity (Wildman–Crippen MR) is 101 cm³/mol. The second kappa shape index (κ2) is 7.33. The number of halogens is 1. The third-order valence-electron chi connectivity index (χ3n) is 3.53. The molecule has 0 saturated carbocycles. The van der Waals surface area contributed by atoms with Crippen LogP contribution in [0.1, 0.15) is 13.8 Å². The van der Waals surface area contributed by atoms with Gasteiger partial charge in [-0.05, 0) is 62.4 Å². The van der Waals surface area contributed by atoms with Crippen molar-refractivity contribution in [2.45, 2.75) is 18.7 Å². The molecule has 0 aliphatic heterocycles. The van der Waals surface area contributed by atoms with Crippen LogP contribution in [0.4, 0.5) is 17.1 Å². The van der Waals surface area contributed by atoms with Gasteiger partial charge in [0, 0.05) is 22.9 Å². The molecule has 2 aromatic carbocycles. The predicted octanol–water partition coefficient (Wildman–Crippen LogP) is 3.27. The molecule has 0 bridgehead atoms. The molecule has 0 spiro atoms. The fraction of sp³-hybridized carbons (Fsp3) is 0.235. The summed E-state index contributed by atoms with van der Waals surface area (Å²) in [5.74, 6) is -0.0177. The number of nitrogen functional groups attached to an aromatic ring is 1. The number of anilines is 3. The molecule has 25 heavy (non-hydrogen) atoms. The number of alkyl halides is 1. The van der Waals surface area contributed by atoms with Gasteiger partial charge >= 0.3 is 0 Å². The van der Waals surface area contributed by atoms with Crippen molar-refractivity contribution in [3.63, 3.8) is 0 Å². The highest BCUT2D eigenvalue weighted by atomic mass is 35.5. The number of amides is 1. The molecule has 0 aliphatic rings. The van der Waals surface area contributed by atoms with Gasteiger partial charge in [0.05, 0.1) is 10.3 Å². The minimum atomic E-state index is -3.70. The van der Waals surface area contributed by atoms with E-state index < -0.39 is 15.4 Å². The van der Waals surface area contributed by atoms with E-state index in [1.54, 1.807) is 38.1 Å². The second-order valence-corrected chi connectivity index (χ2v) is 8.17. The first-order chi connectivity index (χ1) is 11.6. The van der Waals surface area contributed by atoms with Crippen molar-refractivity contribution in [3.05, 3.63) is 48.5 Å². The zero-order valence-electron chi connectivity index (χ0n) is 13.9. The topological polar surface area (TPSA) is 101 Å². The van der Waals surface area contributed by atoms with Crippen molar-refractivity contribution < 1.29 is 13.2 Å². The van der Waals surface area contributed by atoms with Gasteiger partial charge in [-0.15, -0.1) is 11.6 Å². The number of rotatable bonds is 6. The van der Waals surface area contributed by atoms with E-state index in [9.17, 15) is 13.2 Å². The molecule has 4 N–H and O–H groups in total. The molecule has 8 heteroatoms. The largest absolute Gasteiger partial charge is 0.399 e. The summed E-state index contributed by atoms with van der Waals surface area (Å²) in [6.45, 7) is 3.48. The summed E-state index contributed by atoms with van der Waals surface area (Å²) in [6, 6.07) is 12.3. The SMILES string of the molecule is CC(C)(CCl)C(=O)Nc1ccc(NS(=O)(=O)c2ccc(N)cc2)cc1. The van der Waals surface area contributed by atoms with Gasteiger partial charge in [0.2, 0.25) is 5.91 Å². The number of nitrogens with one attached hydrogen (secondary N) is 2. The summed E-state index contributed by atoms with van der Waals surface area (Å²) in [5, 5.41) is 2.75. The van der Waals surface area contributed by atoms with Gasteiger partial charge < -0.3 is 11.1 Å². The first-order valence-electron chi connectivity index (χ1n) is 7.50. The van der Waals surface area contributed by atoms with E-state index in [4.69, 9.17) is 17.3 Å². The molecule has 0 radical (unpaired) electrons. The number of hydrogen-bond donors (Lipinski definition) is 3. The third kappa shape index (κ3) is 4.87. The van der Waals surface area contributed by atoms with E-state index in [-0.39, 0.29) is 16.7 Å². The van der Waals surface area contributed by atoms with Gasteiger partial charge in [-0.25, -0.2) is 8.42 Å². The Morgan fingerprint density at radius 2 is 1.56 bits per heavy atom. The van der Waals surface area contributed by atoms with E-state index in [0.717, 1.165) is 0 Å². The Kier molecular flexibility index (Phi) is 5.59. The smallest absolute Gasteiger partial charge is 0.261 e. The maximum atomic E-state index is 12.3. The summed E-state index contributed by atoms with van der Waals surface area (Å²) in [7, 11) is -3.70. The van der Waals surface area contributed by atoms with Gasteiger partial charge in [-0.3, -0.25) is 9.52 Å². The van der Waals surface area contributed by atoms with Gasteiger partial charge in [0.15, 0.2) is 0 Å². The lowest BCUT2D eigenvalue weighted by Crippen LogP contribution is -2.32. The monoisotopic (exact) mass is 381 g/mol. The van der Waals surface area contributed by atoms with Crippen LogP contribution in [-0.2, 0) is 14.8 Å². The average Bonchev–Trinajstić information content (AvgIpc) is 2.56. The summed E-state index contributed by atoms with van der Waals surface area (Å²) < 4.78 is 27.1. The molecule has 0 heterocycles. The van der Waals surface area contributed by atoms with Crippen LogP contribution in [0.15, 0.2) is 53.4 Å². The molecule has 0 unspecified atom stereocenters. The van der Waals surface area contributed by atoms with Crippen molar-refractivity contribution in [3.8, 4) is 0 Å². The molecule has 0 aromatic heterocycles. The van der Waals surface area contributed by atoms with Gasteiger partial charge in [-0.1, -0.05) is 0 Å². The van der Waals surface area contributed by atoms with Crippen LogP contribution >= 0.6 is 11.6 Å². The van der Waals surface area contributed by atoms with Crippen LogP contribution in [0, 0.1) is 5.41 Å². The second-order valence-electron chi connectivity index (χ2n) is 6.22. The van der Waals surface area contributed by atoms with Crippen LogP contribution < -0.4 is 15.8 Å². The Hall–Kier alpha value is -2.25. The van der Waals surface area contributed by atoms with Crippen molar-refractivity contribution in [2.75, 3.05) is 21.7 Å². The van der Waals surface area contributed by atoms with Crippen LogP contribution in [0.3, 0.4) is 0 Å². The first kappa shape index (κ1) is 19.1. The molecule has 0 aliphatic carbocycles. The van der Waals surface area contributed by atoms with Crippen molar-refractivity contribution >= 4 is 44.6 Å². The quantitative estimate of drug-likeness (QED) is 0.528. The summed E-state index contributed by atoms with van der Waals surface area (Å²) in [4.78, 5) is 12.2. The maximum Gasteiger partial charge on any atom is 0.261 e. The molecule has 0 atom stereocenters. The lowest BCUT2D eigenvalue weighted by Gasteiger charge is -2.20. The fourth-order valence-electron chi connectivity index (χ4n) is 1.84. The highest BCUT2D eigenvalue weighted by Gasteiger charge is 2.26. The molecule has 0 saturated heterocycles. The van der Waals surface area contributed by atoms with E-state index in [1.165, 1.54) is 24.3 Å². The van der Waals surface area contributed by atoms with E-state index in [0.29, 0.717) is 17.1 Å². The lowest BCUT2D eigenvalue weighted by molar-refractivity contribution is -0.122. The van der Waals surface area contributed by atoms with E-state index in [1.807, 2.05) is 0 Å². The van der Waals surface area contributed by atoms with E-state index >= 15 is 0 Å². The van der Waals surface area contributed by atoms with Crippen LogP contribution in [-0.4, -0.2) is 20.2 Å². The molecule has 1 amide bonds. The number of carbonyl (C=O) groups excluding carboxylic acids is 1. The van der Waals surface area contributed by atoms with Crippen LogP contribution in [0.25, 0.3) is 0 Å². The highest BCUT2D eigenvalue weighted by Crippen LogP contribution is 2.22. The lowest BCUT2D eigenvalue weighted by atomic mass is 9.95. The Bertz CT molecular complexity index is 848. The Labute approximate surface area is 152 Å². The van der Waals surface area contributed by atoms with Gasteiger partial charge in [0.1, 0.15) is 0 Å². The third-order valence-corrected chi connectivity index (χ3v) is 5.60. The Morgan fingerprint density at radius 3 is 2.08 bits per heavy atom. The standard InChI is InChI=1S/C17H20ClN3O3S/c1-17(2,11-18)16(22)20-13-5-7-14(8-6-13)21-25(23,24)15-9-3-12(19)4-10-15/h3-10,21H,11,19H2,1-2H3,(H,20,22). The van der Waals surface area contributed by atoms with E-state index in [2.05, 4.69) is 10.0 Å². The average molecular weight is 382 g/mol. The van der Waals surface area contributed by atoms with Crippen molar-refractivity contribution in [1.82, 2.24) is 0 Å². The molecular formula is C17H20ClN3O3S. The highest BCUT2D eigenvalue weighted by molar-refractivity contribution is 7.92. The minimum Gasteiger partial charge on any atom is -0.399 e. The van der Waals surface area contributed by atoms with Crippen LogP contribution in [0.2, 0.25) is 0 Å². The Morgan fingerprint density at radius 1 is 1.04 bits per heavy atom. The summed E-state index contributed by atoms with van der Waals surface area (Å²) in [6.07, 6.45) is 0. The molecule has 134 valence electrons. The number of benzene rings is 2. The number of sulfonamides is 1. The Balaban J connectivity index is 2.10. The van der Waals surface area contributed by atoms with Gasteiger partial charge in [0.25, 0.3) is 10.0 Å². The number of carbonyl (C=O) groups is 1. The molecule has 2 rings (SSSR count). The minimum absolute atomic E-state index is 0.114. The molecular weight excluding hydrogens is 362 g/mol.